The average Bonchev–Trinajstić information content (AvgIpc) is 3.11. The molecule has 2 aromatic carbocycles. The molecule has 0 radical (unpaired) electrons. The van der Waals surface area contributed by atoms with E-state index < -0.39 is 15.8 Å². The number of carbonyl (C=O) groups excluding carboxylic acids is 1. The Morgan fingerprint density at radius 3 is 2.64 bits per heavy atom. The number of nitrogens with one attached hydrogen (secondary N) is 2. The highest BCUT2D eigenvalue weighted by atomic mass is 32.2. The van der Waals surface area contributed by atoms with Crippen LogP contribution in [-0.2, 0) is 10.0 Å². The summed E-state index contributed by atoms with van der Waals surface area (Å²) >= 11 is 1.10. The van der Waals surface area contributed by atoms with Crippen molar-refractivity contribution in [1.82, 2.24) is 10.3 Å². The Labute approximate surface area is 166 Å². The third kappa shape index (κ3) is 4.93. The van der Waals surface area contributed by atoms with Crippen molar-refractivity contribution >= 4 is 33.0 Å². The predicted octanol–water partition coefficient (Wildman–Crippen LogP) is 3.81. The van der Waals surface area contributed by atoms with Crippen LogP contribution in [0.5, 0.6) is 0 Å². The summed E-state index contributed by atoms with van der Waals surface area (Å²) in [6.07, 6.45) is 2.48. The quantitative estimate of drug-likeness (QED) is 0.636. The standard InChI is InChI=1S/C19H18FN3O3S2/c1-12(13-6-5-7-14(10-13)23-28(2,25)26)22-18(24)17-11-21-19(27-17)15-8-3-4-9-16(15)20/h3-12,23H,1-2H3,(H,22,24). The molecule has 0 bridgehead atoms. The van der Waals surface area contributed by atoms with Crippen molar-refractivity contribution in [3.8, 4) is 10.6 Å². The van der Waals surface area contributed by atoms with E-state index in [1.165, 1.54) is 12.3 Å². The van der Waals surface area contributed by atoms with E-state index in [1.807, 2.05) is 0 Å². The molecule has 0 saturated carbocycles. The number of sulfonamides is 1. The van der Waals surface area contributed by atoms with E-state index >= 15 is 0 Å². The van der Waals surface area contributed by atoms with Gasteiger partial charge in [-0.05, 0) is 36.8 Å². The van der Waals surface area contributed by atoms with Crippen LogP contribution in [0, 0.1) is 5.82 Å². The molecule has 1 heterocycles. The summed E-state index contributed by atoms with van der Waals surface area (Å²) in [5.74, 6) is -0.735. The van der Waals surface area contributed by atoms with Crippen LogP contribution in [0.3, 0.4) is 0 Å². The minimum atomic E-state index is -3.39. The first-order chi connectivity index (χ1) is 13.2. The maximum atomic E-state index is 13.9. The van der Waals surface area contributed by atoms with Gasteiger partial charge < -0.3 is 5.32 Å². The second kappa shape index (κ2) is 8.07. The zero-order chi connectivity index (χ0) is 20.3. The smallest absolute Gasteiger partial charge is 0.263 e. The highest BCUT2D eigenvalue weighted by Gasteiger charge is 2.17. The summed E-state index contributed by atoms with van der Waals surface area (Å²) < 4.78 is 39.0. The zero-order valence-electron chi connectivity index (χ0n) is 15.1. The number of nitrogens with zero attached hydrogens (tertiary/aromatic N) is 1. The van der Waals surface area contributed by atoms with Crippen molar-refractivity contribution in [3.63, 3.8) is 0 Å². The van der Waals surface area contributed by atoms with Gasteiger partial charge in [0, 0.05) is 11.3 Å². The molecule has 0 aliphatic rings. The molecule has 6 nitrogen and oxygen atoms in total. The van der Waals surface area contributed by atoms with Gasteiger partial charge in [-0.1, -0.05) is 24.3 Å². The lowest BCUT2D eigenvalue weighted by Gasteiger charge is -2.15. The van der Waals surface area contributed by atoms with Crippen LogP contribution in [-0.4, -0.2) is 25.6 Å². The largest absolute Gasteiger partial charge is 0.345 e. The summed E-state index contributed by atoms with van der Waals surface area (Å²) in [6.45, 7) is 1.79. The van der Waals surface area contributed by atoms with E-state index in [9.17, 15) is 17.6 Å². The average molecular weight is 420 g/mol. The molecule has 28 heavy (non-hydrogen) atoms. The summed E-state index contributed by atoms with van der Waals surface area (Å²) in [4.78, 5) is 17.0. The Bertz CT molecular complexity index is 1110. The van der Waals surface area contributed by atoms with Crippen LogP contribution in [0.4, 0.5) is 10.1 Å². The lowest BCUT2D eigenvalue weighted by Crippen LogP contribution is -2.26. The number of thiazole rings is 1. The number of benzene rings is 2. The normalized spacial score (nSPS) is 12.4. The third-order valence-electron chi connectivity index (χ3n) is 3.87. The van der Waals surface area contributed by atoms with Crippen LogP contribution in [0.15, 0.2) is 54.7 Å². The van der Waals surface area contributed by atoms with E-state index in [-0.39, 0.29) is 11.9 Å². The maximum Gasteiger partial charge on any atom is 0.263 e. The summed E-state index contributed by atoms with van der Waals surface area (Å²) in [6, 6.07) is 12.7. The minimum absolute atomic E-state index is 0.339. The molecule has 1 amide bonds. The first kappa shape index (κ1) is 20.0. The molecule has 3 aromatic rings. The number of anilines is 1. The number of halogens is 1. The van der Waals surface area contributed by atoms with Crippen LogP contribution in [0.2, 0.25) is 0 Å². The number of amides is 1. The Balaban J connectivity index is 1.73. The van der Waals surface area contributed by atoms with Crippen molar-refractivity contribution in [1.29, 1.82) is 0 Å². The van der Waals surface area contributed by atoms with Crippen LogP contribution < -0.4 is 10.0 Å². The van der Waals surface area contributed by atoms with Gasteiger partial charge in [-0.2, -0.15) is 0 Å². The topological polar surface area (TPSA) is 88.2 Å². The van der Waals surface area contributed by atoms with Crippen LogP contribution in [0.25, 0.3) is 10.6 Å². The van der Waals surface area contributed by atoms with Gasteiger partial charge in [0.1, 0.15) is 15.7 Å². The van der Waals surface area contributed by atoms with E-state index in [4.69, 9.17) is 0 Å². The number of aromatic nitrogens is 1. The molecule has 0 saturated heterocycles. The summed E-state index contributed by atoms with van der Waals surface area (Å²) in [5, 5.41) is 3.27. The number of hydrogen-bond donors (Lipinski definition) is 2. The summed E-state index contributed by atoms with van der Waals surface area (Å²) in [5.41, 5.74) is 1.50. The molecule has 0 aliphatic heterocycles. The van der Waals surface area contributed by atoms with E-state index in [2.05, 4.69) is 15.0 Å². The van der Waals surface area contributed by atoms with Crippen molar-refractivity contribution in [2.24, 2.45) is 0 Å². The van der Waals surface area contributed by atoms with Crippen molar-refractivity contribution in [3.05, 3.63) is 71.0 Å². The van der Waals surface area contributed by atoms with Gasteiger partial charge >= 0.3 is 0 Å². The number of carbonyl (C=O) groups is 1. The Kier molecular flexibility index (Phi) is 5.76. The van der Waals surface area contributed by atoms with Gasteiger partial charge in [0.15, 0.2) is 0 Å². The van der Waals surface area contributed by atoms with Crippen molar-refractivity contribution in [2.45, 2.75) is 13.0 Å². The van der Waals surface area contributed by atoms with Gasteiger partial charge in [0.05, 0.1) is 18.5 Å². The van der Waals surface area contributed by atoms with Gasteiger partial charge in [-0.15, -0.1) is 11.3 Å². The second-order valence-electron chi connectivity index (χ2n) is 6.20. The molecule has 9 heteroatoms. The molecule has 1 atom stereocenters. The van der Waals surface area contributed by atoms with Crippen molar-refractivity contribution in [2.75, 3.05) is 11.0 Å². The first-order valence-corrected chi connectivity index (χ1v) is 11.0. The molecule has 1 unspecified atom stereocenters. The molecule has 0 fully saturated rings. The monoisotopic (exact) mass is 419 g/mol. The summed E-state index contributed by atoms with van der Waals surface area (Å²) in [7, 11) is -3.39. The lowest BCUT2D eigenvalue weighted by molar-refractivity contribution is 0.0943. The molecule has 1 aromatic heterocycles. The highest BCUT2D eigenvalue weighted by molar-refractivity contribution is 7.92. The van der Waals surface area contributed by atoms with E-state index in [0.29, 0.717) is 21.1 Å². The fourth-order valence-corrected chi connectivity index (χ4v) is 3.98. The number of hydrogen-bond acceptors (Lipinski definition) is 5. The lowest BCUT2D eigenvalue weighted by atomic mass is 10.1. The molecular formula is C19H18FN3O3S2. The maximum absolute atomic E-state index is 13.9. The van der Waals surface area contributed by atoms with Gasteiger partial charge in [-0.25, -0.2) is 17.8 Å². The zero-order valence-corrected chi connectivity index (χ0v) is 16.8. The van der Waals surface area contributed by atoms with E-state index in [0.717, 1.165) is 23.2 Å². The Morgan fingerprint density at radius 1 is 1.18 bits per heavy atom. The molecule has 0 spiro atoms. The van der Waals surface area contributed by atoms with Crippen LogP contribution >= 0.6 is 11.3 Å². The molecular weight excluding hydrogens is 401 g/mol. The minimum Gasteiger partial charge on any atom is -0.345 e. The molecule has 146 valence electrons. The fourth-order valence-electron chi connectivity index (χ4n) is 2.57. The Hall–Kier alpha value is -2.78. The Morgan fingerprint density at radius 2 is 1.93 bits per heavy atom. The van der Waals surface area contributed by atoms with Gasteiger partial charge in [0.2, 0.25) is 10.0 Å². The third-order valence-corrected chi connectivity index (χ3v) is 5.51. The SMILES string of the molecule is CC(NC(=O)c1cnc(-c2ccccc2F)s1)c1cccc(NS(C)(=O)=O)c1. The highest BCUT2D eigenvalue weighted by Crippen LogP contribution is 2.27. The van der Waals surface area contributed by atoms with Crippen LogP contribution in [0.1, 0.15) is 28.2 Å². The predicted molar refractivity (Wildman–Crippen MR) is 108 cm³/mol. The van der Waals surface area contributed by atoms with E-state index in [1.54, 1.807) is 49.4 Å². The first-order valence-electron chi connectivity index (χ1n) is 8.32. The molecule has 0 aliphatic carbocycles. The second-order valence-corrected chi connectivity index (χ2v) is 8.98. The van der Waals surface area contributed by atoms with Gasteiger partial charge in [-0.3, -0.25) is 9.52 Å². The molecule has 3 rings (SSSR count). The number of rotatable bonds is 6. The fraction of sp³-hybridized carbons (Fsp3) is 0.158. The molecule has 2 N–H and O–H groups in total. The van der Waals surface area contributed by atoms with Crippen molar-refractivity contribution < 1.29 is 17.6 Å². The van der Waals surface area contributed by atoms with Gasteiger partial charge in [0.25, 0.3) is 5.91 Å².